The Morgan fingerprint density at radius 1 is 1.56 bits per heavy atom. The number of nitro groups is 1. The zero-order valence-corrected chi connectivity index (χ0v) is 9.45. The first kappa shape index (κ1) is 12.3. The van der Waals surface area contributed by atoms with Crippen LogP contribution in [-0.2, 0) is 0 Å². The molecule has 0 radical (unpaired) electrons. The summed E-state index contributed by atoms with van der Waals surface area (Å²) in [4.78, 5) is 10.1. The Morgan fingerprint density at radius 2 is 2.31 bits per heavy atom. The molecule has 0 atom stereocenters. The highest BCUT2D eigenvalue weighted by molar-refractivity contribution is 6.18. The lowest BCUT2D eigenvalue weighted by atomic mass is 10.2. The first-order valence-electron chi connectivity index (χ1n) is 4.56. The number of nitro benzene ring substituents is 1. The first-order valence-corrected chi connectivity index (χ1v) is 5.09. The molecule has 0 bridgehead atoms. The van der Waals surface area contributed by atoms with Gasteiger partial charge in [0.25, 0.3) is 5.69 Å². The Hall–Kier alpha value is -1.73. The zero-order valence-electron chi connectivity index (χ0n) is 8.70. The number of rotatable bonds is 3. The van der Waals surface area contributed by atoms with E-state index in [1.54, 1.807) is 0 Å². The van der Waals surface area contributed by atoms with Crippen molar-refractivity contribution in [3.63, 3.8) is 0 Å². The average Bonchev–Trinajstić information content (AvgIpc) is 2.29. The van der Waals surface area contributed by atoms with Gasteiger partial charge in [-0.2, -0.15) is 0 Å². The first-order chi connectivity index (χ1) is 7.69. The average molecular weight is 240 g/mol. The van der Waals surface area contributed by atoms with E-state index in [2.05, 4.69) is 11.8 Å². The summed E-state index contributed by atoms with van der Waals surface area (Å²) in [6.07, 6.45) is 0.535. The molecule has 0 aliphatic rings. The molecule has 0 aliphatic carbocycles. The summed E-state index contributed by atoms with van der Waals surface area (Å²) in [6, 6.07) is 4.30. The van der Waals surface area contributed by atoms with Crippen molar-refractivity contribution < 1.29 is 9.66 Å². The third-order valence-corrected chi connectivity index (χ3v) is 2.03. The van der Waals surface area contributed by atoms with Gasteiger partial charge in [0, 0.05) is 24.4 Å². The molecule has 0 saturated carbocycles. The second-order valence-electron chi connectivity index (χ2n) is 2.88. The summed E-state index contributed by atoms with van der Waals surface area (Å²) >= 11 is 5.48. The second kappa shape index (κ2) is 5.99. The van der Waals surface area contributed by atoms with Crippen LogP contribution in [0, 0.1) is 22.0 Å². The van der Waals surface area contributed by atoms with Crippen LogP contribution in [0.2, 0.25) is 0 Å². The van der Waals surface area contributed by atoms with Gasteiger partial charge in [0.2, 0.25) is 0 Å². The lowest BCUT2D eigenvalue weighted by Crippen LogP contribution is -1.92. The third-order valence-electron chi connectivity index (χ3n) is 1.84. The van der Waals surface area contributed by atoms with Gasteiger partial charge in [-0.05, 0) is 6.07 Å². The summed E-state index contributed by atoms with van der Waals surface area (Å²) in [5.41, 5.74) is 0.498. The van der Waals surface area contributed by atoms with Crippen LogP contribution in [0.25, 0.3) is 0 Å². The largest absolute Gasteiger partial charge is 0.495 e. The smallest absolute Gasteiger partial charge is 0.270 e. The minimum absolute atomic E-state index is 0.00373. The molecule has 0 amide bonds. The number of benzene rings is 1. The highest BCUT2D eigenvalue weighted by Crippen LogP contribution is 2.22. The predicted molar refractivity (Wildman–Crippen MR) is 61.9 cm³/mol. The van der Waals surface area contributed by atoms with Crippen LogP contribution in [0.1, 0.15) is 12.0 Å². The minimum Gasteiger partial charge on any atom is -0.495 e. The predicted octanol–water partition coefficient (Wildman–Crippen LogP) is 2.58. The molecule has 1 aromatic rings. The lowest BCUT2D eigenvalue weighted by molar-refractivity contribution is -0.384. The number of halogens is 1. The fraction of sp³-hybridized carbons (Fsp3) is 0.273. The number of methoxy groups -OCH3 is 1. The maximum atomic E-state index is 10.6. The third kappa shape index (κ3) is 3.14. The molecule has 0 unspecified atom stereocenters. The quantitative estimate of drug-likeness (QED) is 0.353. The molecule has 0 aliphatic heterocycles. The standard InChI is InChI=1S/C11H10ClNO3/c1-16-11-6-5-10(13(14)15)8-9(11)4-2-3-7-12/h5-6,8H,3,7H2,1H3. The Morgan fingerprint density at radius 3 is 2.88 bits per heavy atom. The maximum Gasteiger partial charge on any atom is 0.270 e. The van der Waals surface area contributed by atoms with Gasteiger partial charge in [0.05, 0.1) is 17.6 Å². The Kier molecular flexibility index (Phi) is 4.62. The van der Waals surface area contributed by atoms with E-state index < -0.39 is 4.92 Å². The number of hydrogen-bond acceptors (Lipinski definition) is 3. The van der Waals surface area contributed by atoms with Crippen molar-refractivity contribution in [2.45, 2.75) is 6.42 Å². The molecule has 4 nitrogen and oxygen atoms in total. The summed E-state index contributed by atoms with van der Waals surface area (Å²) in [5.74, 6) is 6.56. The molecular weight excluding hydrogens is 230 g/mol. The van der Waals surface area contributed by atoms with E-state index in [-0.39, 0.29) is 5.69 Å². The fourth-order valence-electron chi connectivity index (χ4n) is 1.11. The van der Waals surface area contributed by atoms with Crippen molar-refractivity contribution in [3.8, 4) is 17.6 Å². The summed E-state index contributed by atoms with van der Waals surface area (Å²) in [6.45, 7) is 0. The van der Waals surface area contributed by atoms with Gasteiger partial charge in [-0.1, -0.05) is 11.8 Å². The van der Waals surface area contributed by atoms with E-state index in [4.69, 9.17) is 16.3 Å². The van der Waals surface area contributed by atoms with E-state index in [0.717, 1.165) is 0 Å². The highest BCUT2D eigenvalue weighted by atomic mass is 35.5. The summed E-state index contributed by atoms with van der Waals surface area (Å²) < 4.78 is 5.05. The van der Waals surface area contributed by atoms with Crippen LogP contribution < -0.4 is 4.74 Å². The molecule has 0 N–H and O–H groups in total. The van der Waals surface area contributed by atoms with E-state index in [0.29, 0.717) is 23.6 Å². The Bertz CT molecular complexity index is 448. The van der Waals surface area contributed by atoms with Crippen LogP contribution >= 0.6 is 11.6 Å². The minimum atomic E-state index is -0.466. The van der Waals surface area contributed by atoms with E-state index in [1.165, 1.54) is 25.3 Å². The molecule has 84 valence electrons. The lowest BCUT2D eigenvalue weighted by Gasteiger charge is -2.02. The molecule has 0 aromatic heterocycles. The number of hydrogen-bond donors (Lipinski definition) is 0. The monoisotopic (exact) mass is 239 g/mol. The molecule has 1 rings (SSSR count). The molecule has 0 heterocycles. The van der Waals surface area contributed by atoms with Crippen LogP contribution in [0.3, 0.4) is 0 Å². The Labute approximate surface area is 98.3 Å². The SMILES string of the molecule is COc1ccc([N+](=O)[O-])cc1C#CCCCl. The molecule has 5 heteroatoms. The van der Waals surface area contributed by atoms with Gasteiger partial charge < -0.3 is 4.74 Å². The van der Waals surface area contributed by atoms with Crippen molar-refractivity contribution in [2.75, 3.05) is 13.0 Å². The van der Waals surface area contributed by atoms with Gasteiger partial charge in [-0.3, -0.25) is 10.1 Å². The van der Waals surface area contributed by atoms with Gasteiger partial charge in [0.1, 0.15) is 5.75 Å². The van der Waals surface area contributed by atoms with E-state index in [1.807, 2.05) is 0 Å². The van der Waals surface area contributed by atoms with E-state index >= 15 is 0 Å². The van der Waals surface area contributed by atoms with Crippen molar-refractivity contribution in [1.82, 2.24) is 0 Å². The maximum absolute atomic E-state index is 10.6. The molecular formula is C11H10ClNO3. The number of alkyl halides is 1. The zero-order chi connectivity index (χ0) is 12.0. The number of ether oxygens (including phenoxy) is 1. The fourth-order valence-corrected chi connectivity index (χ4v) is 1.21. The molecule has 16 heavy (non-hydrogen) atoms. The van der Waals surface area contributed by atoms with E-state index in [9.17, 15) is 10.1 Å². The molecule has 1 aromatic carbocycles. The number of nitrogens with zero attached hydrogens (tertiary/aromatic N) is 1. The van der Waals surface area contributed by atoms with Crippen LogP contribution in [-0.4, -0.2) is 17.9 Å². The van der Waals surface area contributed by atoms with Gasteiger partial charge in [-0.15, -0.1) is 11.6 Å². The van der Waals surface area contributed by atoms with Crippen LogP contribution in [0.15, 0.2) is 18.2 Å². The summed E-state index contributed by atoms with van der Waals surface area (Å²) in [7, 11) is 1.49. The number of non-ortho nitro benzene ring substituents is 1. The van der Waals surface area contributed by atoms with Crippen molar-refractivity contribution >= 4 is 17.3 Å². The van der Waals surface area contributed by atoms with Crippen molar-refractivity contribution in [2.24, 2.45) is 0 Å². The van der Waals surface area contributed by atoms with Gasteiger partial charge in [0.15, 0.2) is 0 Å². The Balaban J connectivity index is 3.08. The normalized spacial score (nSPS) is 9.12. The topological polar surface area (TPSA) is 52.4 Å². The molecule has 0 saturated heterocycles. The van der Waals surface area contributed by atoms with Gasteiger partial charge in [-0.25, -0.2) is 0 Å². The molecule has 0 fully saturated rings. The summed E-state index contributed by atoms with van der Waals surface area (Å²) in [5, 5.41) is 10.6. The van der Waals surface area contributed by atoms with Crippen LogP contribution in [0.5, 0.6) is 5.75 Å². The van der Waals surface area contributed by atoms with Crippen molar-refractivity contribution in [3.05, 3.63) is 33.9 Å². The van der Waals surface area contributed by atoms with Crippen LogP contribution in [0.4, 0.5) is 5.69 Å². The van der Waals surface area contributed by atoms with Gasteiger partial charge >= 0.3 is 0 Å². The highest BCUT2D eigenvalue weighted by Gasteiger charge is 2.09. The second-order valence-corrected chi connectivity index (χ2v) is 3.26. The van der Waals surface area contributed by atoms with Crippen molar-refractivity contribution in [1.29, 1.82) is 0 Å². The molecule has 0 spiro atoms.